The quantitative estimate of drug-likeness (QED) is 0.153. The van der Waals surface area contributed by atoms with Gasteiger partial charge in [0.2, 0.25) is 0 Å². The average Bonchev–Trinajstić information content (AvgIpc) is 3.43. The van der Waals surface area contributed by atoms with Gasteiger partial charge in [-0.3, -0.25) is 0 Å². The highest BCUT2D eigenvalue weighted by atomic mass is 31.1. The molecule has 0 radical (unpaired) electrons. The summed E-state index contributed by atoms with van der Waals surface area (Å²) in [6.45, 7) is 0.882. The summed E-state index contributed by atoms with van der Waals surface area (Å²) in [5, 5.41) is 7.92. The minimum absolute atomic E-state index is 0.283. The van der Waals surface area contributed by atoms with E-state index in [1.807, 2.05) is 30.3 Å². The van der Waals surface area contributed by atoms with Gasteiger partial charge in [0, 0.05) is 18.2 Å². The van der Waals surface area contributed by atoms with Crippen LogP contribution in [0, 0.1) is 0 Å². The molecule has 1 N–H and O–H groups in total. The highest BCUT2D eigenvalue weighted by Crippen LogP contribution is 2.48. The maximum Gasteiger partial charge on any atom is 0.0623 e. The van der Waals surface area contributed by atoms with Crippen LogP contribution in [0.1, 0.15) is 6.42 Å². The molecule has 0 saturated carbocycles. The maximum absolute atomic E-state index is 6.43. The lowest BCUT2D eigenvalue weighted by Crippen LogP contribution is -2.36. The van der Waals surface area contributed by atoms with Crippen molar-refractivity contribution in [3.63, 3.8) is 0 Å². The fraction of sp³-hybridized carbons (Fsp3) is 0.143. The average molecular weight is 561 g/mol. The molecule has 1 aliphatic rings. The first-order chi connectivity index (χ1) is 19.8. The van der Waals surface area contributed by atoms with Gasteiger partial charge >= 0.3 is 0 Å². The molecule has 1 aliphatic heterocycles. The van der Waals surface area contributed by atoms with Gasteiger partial charge < -0.3 is 0 Å². The smallest absolute Gasteiger partial charge is 0.0623 e. The summed E-state index contributed by atoms with van der Waals surface area (Å²) >= 11 is 0. The zero-order valence-electron chi connectivity index (χ0n) is 22.5. The van der Waals surface area contributed by atoms with Crippen LogP contribution in [0.3, 0.4) is 0 Å². The van der Waals surface area contributed by atoms with Crippen molar-refractivity contribution in [3.05, 3.63) is 152 Å². The minimum atomic E-state index is -0.546. The molecule has 0 aromatic heterocycles. The number of benzene rings is 5. The number of nitrogens with zero attached hydrogens (tertiary/aromatic N) is 1. The van der Waals surface area contributed by atoms with E-state index in [1.165, 1.54) is 21.2 Å². The van der Waals surface area contributed by atoms with E-state index < -0.39 is 15.8 Å². The molecule has 5 aromatic carbocycles. The number of para-hydroxylation sites is 1. The summed E-state index contributed by atoms with van der Waals surface area (Å²) in [4.78, 5) is 6.43. The maximum atomic E-state index is 6.43. The number of hydrogen-bond acceptors (Lipinski definition) is 3. The van der Waals surface area contributed by atoms with Crippen molar-refractivity contribution in [2.45, 2.75) is 18.1 Å². The zero-order chi connectivity index (χ0) is 27.0. The van der Waals surface area contributed by atoms with Gasteiger partial charge in [-0.2, -0.15) is 10.0 Å². The van der Waals surface area contributed by atoms with E-state index in [9.17, 15) is 0 Å². The molecule has 0 bridgehead atoms. The number of hydroxylamine groups is 2. The molecule has 2 unspecified atom stereocenters. The molecular formula is C35H34N2OP2. The Bertz CT molecular complexity index is 1360. The minimum Gasteiger partial charge on any atom is -0.248 e. The summed E-state index contributed by atoms with van der Waals surface area (Å²) in [6, 6.07) is 54.7. The fourth-order valence-electron chi connectivity index (χ4n) is 5.48. The van der Waals surface area contributed by atoms with Crippen molar-refractivity contribution >= 4 is 42.7 Å². The number of rotatable bonds is 10. The molecule has 0 amide bonds. The summed E-state index contributed by atoms with van der Waals surface area (Å²) in [5.74, 6) is 0. The number of anilines is 1. The third-order valence-corrected chi connectivity index (χ3v) is 12.8. The van der Waals surface area contributed by atoms with Gasteiger partial charge in [0.05, 0.1) is 5.69 Å². The molecule has 3 nitrogen and oxygen atoms in total. The fourth-order valence-corrected chi connectivity index (χ4v) is 10.9. The first kappa shape index (κ1) is 26.9. The van der Waals surface area contributed by atoms with Gasteiger partial charge in [-0.15, -0.1) is 0 Å². The lowest BCUT2D eigenvalue weighted by atomic mass is 10.2. The van der Waals surface area contributed by atoms with Gasteiger partial charge in [-0.1, -0.05) is 140 Å². The second-order valence-electron chi connectivity index (χ2n) is 10.0. The van der Waals surface area contributed by atoms with Crippen molar-refractivity contribution < 1.29 is 4.94 Å². The predicted octanol–water partition coefficient (Wildman–Crippen LogP) is 6.65. The van der Waals surface area contributed by atoms with E-state index in [1.54, 1.807) is 0 Å². The molecular weight excluding hydrogens is 526 g/mol. The number of hydrogen-bond donors (Lipinski definition) is 1. The summed E-state index contributed by atoms with van der Waals surface area (Å²) in [7, 11) is -1.09. The normalized spacial score (nSPS) is 17.4. The van der Waals surface area contributed by atoms with Crippen molar-refractivity contribution in [3.8, 4) is 0 Å². The first-order valence-electron chi connectivity index (χ1n) is 13.9. The molecule has 1 saturated heterocycles. The van der Waals surface area contributed by atoms with E-state index in [0.717, 1.165) is 24.8 Å². The Labute approximate surface area is 240 Å². The van der Waals surface area contributed by atoms with Crippen LogP contribution < -0.4 is 26.7 Å². The SMILES string of the molecule is c1ccc(NON2CC(P(c3ccccc3)c3ccccc3)CC2CP(c2ccccc2)c2ccccc2)cc1. The van der Waals surface area contributed by atoms with Gasteiger partial charge in [-0.25, -0.2) is 5.48 Å². The zero-order valence-corrected chi connectivity index (χ0v) is 24.2. The summed E-state index contributed by atoms with van der Waals surface area (Å²) < 4.78 is 0. The molecule has 0 spiro atoms. The predicted molar refractivity (Wildman–Crippen MR) is 173 cm³/mol. The molecule has 40 heavy (non-hydrogen) atoms. The molecule has 6 rings (SSSR count). The van der Waals surface area contributed by atoms with Crippen LogP contribution in [0.15, 0.2) is 152 Å². The van der Waals surface area contributed by atoms with Gasteiger partial charge in [-0.05, 0) is 61.8 Å². The Hall–Kier alpha value is -3.32. The highest BCUT2D eigenvalue weighted by molar-refractivity contribution is 7.74. The summed E-state index contributed by atoms with van der Waals surface area (Å²) in [5.41, 5.74) is 4.69. The van der Waals surface area contributed by atoms with E-state index in [-0.39, 0.29) is 6.04 Å². The third kappa shape index (κ3) is 6.52. The Kier molecular flexibility index (Phi) is 8.98. The van der Waals surface area contributed by atoms with Gasteiger partial charge in [0.1, 0.15) is 0 Å². The first-order valence-corrected chi connectivity index (χ1v) is 16.8. The van der Waals surface area contributed by atoms with Crippen LogP contribution in [-0.2, 0) is 4.94 Å². The molecule has 5 heteroatoms. The second kappa shape index (κ2) is 13.4. The molecule has 200 valence electrons. The third-order valence-electron chi connectivity index (χ3n) is 7.36. The van der Waals surface area contributed by atoms with Crippen molar-refractivity contribution in [1.82, 2.24) is 5.06 Å². The van der Waals surface area contributed by atoms with Crippen LogP contribution in [-0.4, -0.2) is 29.5 Å². The van der Waals surface area contributed by atoms with Crippen LogP contribution in [0.4, 0.5) is 5.69 Å². The number of nitrogens with one attached hydrogen (secondary N) is 1. The Morgan fingerprint density at radius 1 is 0.575 bits per heavy atom. The summed E-state index contributed by atoms with van der Waals surface area (Å²) in [6.07, 6.45) is 2.13. The van der Waals surface area contributed by atoms with E-state index in [2.05, 4.69) is 132 Å². The van der Waals surface area contributed by atoms with Crippen molar-refractivity contribution in [2.24, 2.45) is 0 Å². The second-order valence-corrected chi connectivity index (χ2v) is 14.8. The largest absolute Gasteiger partial charge is 0.248 e. The van der Waals surface area contributed by atoms with E-state index in [4.69, 9.17) is 4.94 Å². The van der Waals surface area contributed by atoms with E-state index in [0.29, 0.717) is 5.66 Å². The van der Waals surface area contributed by atoms with Crippen molar-refractivity contribution in [1.29, 1.82) is 0 Å². The topological polar surface area (TPSA) is 24.5 Å². The molecule has 1 fully saturated rings. The van der Waals surface area contributed by atoms with Crippen LogP contribution in [0.25, 0.3) is 0 Å². The molecule has 2 atom stereocenters. The Morgan fingerprint density at radius 3 is 1.48 bits per heavy atom. The van der Waals surface area contributed by atoms with Gasteiger partial charge in [0.25, 0.3) is 0 Å². The molecule has 1 heterocycles. The monoisotopic (exact) mass is 560 g/mol. The van der Waals surface area contributed by atoms with Crippen LogP contribution >= 0.6 is 15.8 Å². The Balaban J connectivity index is 1.33. The lowest BCUT2D eigenvalue weighted by Gasteiger charge is -2.28. The van der Waals surface area contributed by atoms with Crippen molar-refractivity contribution in [2.75, 3.05) is 18.2 Å². The molecule has 5 aromatic rings. The lowest BCUT2D eigenvalue weighted by molar-refractivity contribution is -0.136. The standard InChI is InChI=1S/C35H34N2OP2/c1-6-16-29(17-7-1)36-38-37-27-35(40(33-22-12-4-13-23-33)34-24-14-5-15-25-34)26-30(37)28-39(31-18-8-2-9-19-31)32-20-10-3-11-21-32/h1-25,30,35-36H,26-28H2. The van der Waals surface area contributed by atoms with Gasteiger partial charge in [0.15, 0.2) is 0 Å². The van der Waals surface area contributed by atoms with E-state index >= 15 is 0 Å². The Morgan fingerprint density at radius 2 is 1.00 bits per heavy atom. The molecule has 0 aliphatic carbocycles. The van der Waals surface area contributed by atoms with Crippen LogP contribution in [0.5, 0.6) is 0 Å². The van der Waals surface area contributed by atoms with Crippen LogP contribution in [0.2, 0.25) is 0 Å². The highest BCUT2D eigenvalue weighted by Gasteiger charge is 2.40.